The highest BCUT2D eigenvalue weighted by Gasteiger charge is 2.20. The summed E-state index contributed by atoms with van der Waals surface area (Å²) in [6, 6.07) is 12.9. The number of anilines is 1. The van der Waals surface area contributed by atoms with E-state index < -0.39 is 0 Å². The van der Waals surface area contributed by atoms with Gasteiger partial charge in [0.2, 0.25) is 5.95 Å². The molecule has 7 heteroatoms. The van der Waals surface area contributed by atoms with Crippen molar-refractivity contribution in [1.82, 2.24) is 24.9 Å². The van der Waals surface area contributed by atoms with Crippen LogP contribution in [-0.2, 0) is 0 Å². The molecule has 1 fully saturated rings. The van der Waals surface area contributed by atoms with Gasteiger partial charge in [0.15, 0.2) is 11.5 Å². The summed E-state index contributed by atoms with van der Waals surface area (Å²) in [6.07, 6.45) is 3.43. The fourth-order valence-corrected chi connectivity index (χ4v) is 4.29. The fraction of sp³-hybridized carbons (Fsp3) is 0.375. The molecule has 0 spiro atoms. The van der Waals surface area contributed by atoms with Crippen molar-refractivity contribution >= 4 is 22.5 Å². The standard InChI is InChI=1S/C24H27FN6/c1-15(2)19-10-6-11-20-21(19)28-24(27-18-9-3-4-12-26-14-18)31-23(20)29-22(30-31)16-7-5-8-17(25)13-16/h5-8,10-11,13,15,18,26H,3-4,9,12,14H2,1-2H3,(H,27,28)/t18-/m1/s1. The lowest BCUT2D eigenvalue weighted by molar-refractivity contribution is 0.627. The Labute approximate surface area is 180 Å². The van der Waals surface area contributed by atoms with Gasteiger partial charge in [0.05, 0.1) is 5.52 Å². The zero-order valence-corrected chi connectivity index (χ0v) is 17.9. The molecule has 2 N–H and O–H groups in total. The Hall–Kier alpha value is -3.06. The van der Waals surface area contributed by atoms with Crippen LogP contribution in [0.25, 0.3) is 27.9 Å². The molecule has 2 aromatic heterocycles. The van der Waals surface area contributed by atoms with Gasteiger partial charge in [-0.05, 0) is 49.1 Å². The summed E-state index contributed by atoms with van der Waals surface area (Å²) in [5, 5.41) is 12.8. The number of halogens is 1. The largest absolute Gasteiger partial charge is 0.350 e. The quantitative estimate of drug-likeness (QED) is 0.500. The van der Waals surface area contributed by atoms with Crippen LogP contribution in [0.15, 0.2) is 42.5 Å². The molecular formula is C24H27FN6. The number of rotatable bonds is 4. The van der Waals surface area contributed by atoms with Gasteiger partial charge in [0.1, 0.15) is 5.82 Å². The van der Waals surface area contributed by atoms with E-state index in [9.17, 15) is 4.39 Å². The van der Waals surface area contributed by atoms with Gasteiger partial charge in [-0.15, -0.1) is 5.10 Å². The van der Waals surface area contributed by atoms with Crippen LogP contribution < -0.4 is 10.6 Å². The summed E-state index contributed by atoms with van der Waals surface area (Å²) in [5.41, 5.74) is 3.50. The first-order chi connectivity index (χ1) is 15.1. The lowest BCUT2D eigenvalue weighted by atomic mass is 10.0. The summed E-state index contributed by atoms with van der Waals surface area (Å²) in [5.74, 6) is 1.20. The van der Waals surface area contributed by atoms with Crippen LogP contribution in [0.1, 0.15) is 44.6 Å². The van der Waals surface area contributed by atoms with E-state index in [0.29, 0.717) is 23.3 Å². The average molecular weight is 419 g/mol. The highest BCUT2D eigenvalue weighted by molar-refractivity contribution is 5.95. The number of para-hydroxylation sites is 1. The summed E-state index contributed by atoms with van der Waals surface area (Å²) in [7, 11) is 0. The second-order valence-corrected chi connectivity index (χ2v) is 8.56. The number of nitrogens with zero attached hydrogens (tertiary/aromatic N) is 4. The molecule has 1 aliphatic rings. The van der Waals surface area contributed by atoms with E-state index in [1.54, 1.807) is 10.6 Å². The number of nitrogens with one attached hydrogen (secondary N) is 2. The second-order valence-electron chi connectivity index (χ2n) is 8.56. The van der Waals surface area contributed by atoms with Gasteiger partial charge in [-0.2, -0.15) is 4.52 Å². The van der Waals surface area contributed by atoms with E-state index in [2.05, 4.69) is 30.5 Å². The van der Waals surface area contributed by atoms with Crippen molar-refractivity contribution in [2.24, 2.45) is 0 Å². The molecule has 4 aromatic rings. The number of benzene rings is 2. The Bertz CT molecular complexity index is 1220. The first-order valence-electron chi connectivity index (χ1n) is 11.0. The van der Waals surface area contributed by atoms with E-state index in [-0.39, 0.29) is 11.9 Å². The van der Waals surface area contributed by atoms with E-state index in [4.69, 9.17) is 15.1 Å². The molecule has 0 radical (unpaired) electrons. The van der Waals surface area contributed by atoms with Crippen LogP contribution in [0.2, 0.25) is 0 Å². The van der Waals surface area contributed by atoms with Gasteiger partial charge >= 0.3 is 0 Å². The molecule has 31 heavy (non-hydrogen) atoms. The Kier molecular flexibility index (Phi) is 5.28. The van der Waals surface area contributed by atoms with Gasteiger partial charge in [-0.1, -0.05) is 44.5 Å². The maximum atomic E-state index is 13.8. The minimum Gasteiger partial charge on any atom is -0.350 e. The molecule has 2 aromatic carbocycles. The van der Waals surface area contributed by atoms with Crippen molar-refractivity contribution in [1.29, 1.82) is 0 Å². The molecule has 6 nitrogen and oxygen atoms in total. The third-order valence-corrected chi connectivity index (χ3v) is 5.92. The van der Waals surface area contributed by atoms with E-state index in [1.807, 2.05) is 18.2 Å². The molecule has 5 rings (SSSR count). The lowest BCUT2D eigenvalue weighted by Crippen LogP contribution is -2.32. The third kappa shape index (κ3) is 3.85. The van der Waals surface area contributed by atoms with Gasteiger partial charge < -0.3 is 10.6 Å². The molecule has 0 unspecified atom stereocenters. The van der Waals surface area contributed by atoms with Crippen LogP contribution in [-0.4, -0.2) is 38.7 Å². The van der Waals surface area contributed by atoms with Crippen LogP contribution in [0.3, 0.4) is 0 Å². The molecule has 3 heterocycles. The third-order valence-electron chi connectivity index (χ3n) is 5.92. The van der Waals surface area contributed by atoms with Crippen molar-refractivity contribution in [3.8, 4) is 11.4 Å². The second kappa shape index (κ2) is 8.23. The minimum atomic E-state index is -0.302. The van der Waals surface area contributed by atoms with Crippen molar-refractivity contribution in [3.05, 3.63) is 53.8 Å². The molecule has 0 bridgehead atoms. The smallest absolute Gasteiger partial charge is 0.226 e. The van der Waals surface area contributed by atoms with Crippen LogP contribution in [0.4, 0.5) is 10.3 Å². The van der Waals surface area contributed by atoms with Crippen molar-refractivity contribution in [3.63, 3.8) is 0 Å². The van der Waals surface area contributed by atoms with E-state index in [0.717, 1.165) is 36.1 Å². The fourth-order valence-electron chi connectivity index (χ4n) is 4.29. The molecule has 0 aliphatic carbocycles. The average Bonchev–Trinajstić information content (AvgIpc) is 3.06. The number of aromatic nitrogens is 4. The van der Waals surface area contributed by atoms with E-state index in [1.165, 1.54) is 30.5 Å². The molecule has 1 aliphatic heterocycles. The van der Waals surface area contributed by atoms with Gasteiger partial charge in [-0.25, -0.2) is 14.4 Å². The van der Waals surface area contributed by atoms with Crippen molar-refractivity contribution in [2.75, 3.05) is 18.4 Å². The normalized spacial score (nSPS) is 17.4. The van der Waals surface area contributed by atoms with Crippen LogP contribution in [0.5, 0.6) is 0 Å². The Morgan fingerprint density at radius 2 is 2.00 bits per heavy atom. The Morgan fingerprint density at radius 3 is 2.84 bits per heavy atom. The maximum absolute atomic E-state index is 13.8. The maximum Gasteiger partial charge on any atom is 0.226 e. The summed E-state index contributed by atoms with van der Waals surface area (Å²) < 4.78 is 15.6. The first-order valence-corrected chi connectivity index (χ1v) is 11.0. The monoisotopic (exact) mass is 418 g/mol. The molecule has 0 saturated carbocycles. The number of fused-ring (bicyclic) bond motifs is 3. The first kappa shape index (κ1) is 19.9. The van der Waals surface area contributed by atoms with Gasteiger partial charge in [0.25, 0.3) is 0 Å². The summed E-state index contributed by atoms with van der Waals surface area (Å²) in [6.45, 7) is 6.28. The molecule has 1 saturated heterocycles. The predicted molar refractivity (Wildman–Crippen MR) is 122 cm³/mol. The van der Waals surface area contributed by atoms with E-state index >= 15 is 0 Å². The zero-order chi connectivity index (χ0) is 21.4. The molecule has 1 atom stereocenters. The van der Waals surface area contributed by atoms with Crippen LogP contribution in [0, 0.1) is 5.82 Å². The summed E-state index contributed by atoms with van der Waals surface area (Å²) in [4.78, 5) is 9.84. The highest BCUT2D eigenvalue weighted by Crippen LogP contribution is 2.30. The topological polar surface area (TPSA) is 67.1 Å². The molecule has 160 valence electrons. The van der Waals surface area contributed by atoms with Gasteiger partial charge in [0, 0.05) is 23.5 Å². The van der Waals surface area contributed by atoms with Crippen molar-refractivity contribution in [2.45, 2.75) is 45.1 Å². The highest BCUT2D eigenvalue weighted by atomic mass is 19.1. The zero-order valence-electron chi connectivity index (χ0n) is 17.9. The SMILES string of the molecule is CC(C)c1cccc2c1nc(N[C@@H]1CCCCNC1)n1nc(-c3cccc(F)c3)nc21. The van der Waals surface area contributed by atoms with Crippen molar-refractivity contribution < 1.29 is 4.39 Å². The number of hydrogen-bond acceptors (Lipinski definition) is 5. The number of hydrogen-bond donors (Lipinski definition) is 2. The van der Waals surface area contributed by atoms with Crippen LogP contribution >= 0.6 is 0 Å². The molecule has 0 amide bonds. The molecular weight excluding hydrogens is 391 g/mol. The predicted octanol–water partition coefficient (Wildman–Crippen LogP) is 4.76. The Morgan fingerprint density at radius 1 is 1.13 bits per heavy atom. The van der Waals surface area contributed by atoms with Gasteiger partial charge in [-0.3, -0.25) is 0 Å². The minimum absolute atomic E-state index is 0.267. The Balaban J connectivity index is 1.71. The summed E-state index contributed by atoms with van der Waals surface area (Å²) >= 11 is 0. The lowest BCUT2D eigenvalue weighted by Gasteiger charge is -2.18.